The van der Waals surface area contributed by atoms with Crippen LogP contribution in [0.3, 0.4) is 0 Å². The number of phenols is 1. The molecule has 0 radical (unpaired) electrons. The molecular weight excluding hydrogens is 276 g/mol. The van der Waals surface area contributed by atoms with E-state index in [0.29, 0.717) is 6.61 Å². The molecule has 1 atom stereocenters. The third kappa shape index (κ3) is 1.86. The van der Waals surface area contributed by atoms with Crippen LogP contribution in [0.15, 0.2) is 24.3 Å². The average Bonchev–Trinajstić information content (AvgIpc) is 3.15. The van der Waals surface area contributed by atoms with Crippen molar-refractivity contribution >= 4 is 16.3 Å². The van der Waals surface area contributed by atoms with Crippen LogP contribution in [0, 0.1) is 0 Å². The quantitative estimate of drug-likeness (QED) is 0.781. The van der Waals surface area contributed by atoms with E-state index in [-0.39, 0.29) is 11.7 Å². The van der Waals surface area contributed by atoms with Crippen LogP contribution in [-0.4, -0.2) is 38.1 Å². The molecule has 1 aliphatic heterocycles. The fraction of sp³-hybridized carbons (Fsp3) is 0.308. The Hall–Kier alpha value is -1.99. The lowest BCUT2D eigenvalue weighted by Crippen LogP contribution is -2.04. The summed E-state index contributed by atoms with van der Waals surface area (Å²) in [5.74, 6) is 1.40. The highest BCUT2D eigenvalue weighted by atomic mass is 32.1. The zero-order chi connectivity index (χ0) is 13.5. The number of aromatic nitrogens is 4. The summed E-state index contributed by atoms with van der Waals surface area (Å²) in [4.78, 5) is 0.787. The Morgan fingerprint density at radius 3 is 2.85 bits per heavy atom. The second-order valence-corrected chi connectivity index (χ2v) is 5.72. The van der Waals surface area contributed by atoms with E-state index < -0.39 is 0 Å². The summed E-state index contributed by atoms with van der Waals surface area (Å²) in [7, 11) is 0. The zero-order valence-corrected chi connectivity index (χ0v) is 11.4. The molecule has 1 N–H and O–H groups in total. The number of rotatable bonds is 2. The Balaban J connectivity index is 1.77. The minimum absolute atomic E-state index is 0.251. The van der Waals surface area contributed by atoms with Gasteiger partial charge in [0.25, 0.3) is 0 Å². The van der Waals surface area contributed by atoms with Gasteiger partial charge in [0.15, 0.2) is 5.82 Å². The minimum Gasteiger partial charge on any atom is -0.508 e. The molecule has 3 aromatic rings. The van der Waals surface area contributed by atoms with Gasteiger partial charge in [0.2, 0.25) is 4.96 Å². The third-order valence-electron chi connectivity index (χ3n) is 3.42. The van der Waals surface area contributed by atoms with Crippen molar-refractivity contribution in [2.75, 3.05) is 13.2 Å². The fourth-order valence-corrected chi connectivity index (χ4v) is 3.20. The predicted molar refractivity (Wildman–Crippen MR) is 73.9 cm³/mol. The molecule has 1 saturated heterocycles. The summed E-state index contributed by atoms with van der Waals surface area (Å²) in [6.45, 7) is 1.46. The highest BCUT2D eigenvalue weighted by Crippen LogP contribution is 2.30. The summed E-state index contributed by atoms with van der Waals surface area (Å²) >= 11 is 1.49. The Morgan fingerprint density at radius 2 is 2.10 bits per heavy atom. The van der Waals surface area contributed by atoms with Crippen LogP contribution in [0.5, 0.6) is 5.75 Å². The summed E-state index contributed by atoms with van der Waals surface area (Å²) in [5, 5.41) is 23.2. The van der Waals surface area contributed by atoms with Crippen molar-refractivity contribution in [3.05, 3.63) is 30.1 Å². The van der Waals surface area contributed by atoms with Crippen molar-refractivity contribution in [2.45, 2.75) is 12.3 Å². The van der Waals surface area contributed by atoms with Gasteiger partial charge in [0, 0.05) is 18.1 Å². The van der Waals surface area contributed by atoms with Gasteiger partial charge in [0.1, 0.15) is 10.8 Å². The van der Waals surface area contributed by atoms with E-state index in [9.17, 15) is 5.11 Å². The van der Waals surface area contributed by atoms with E-state index in [4.69, 9.17) is 4.74 Å². The number of benzene rings is 1. The number of fused-ring (bicyclic) bond motifs is 1. The molecule has 2 aromatic heterocycles. The van der Waals surface area contributed by atoms with Gasteiger partial charge in [-0.1, -0.05) is 11.3 Å². The van der Waals surface area contributed by atoms with Gasteiger partial charge in [-0.25, -0.2) is 0 Å². The summed E-state index contributed by atoms with van der Waals surface area (Å²) < 4.78 is 7.21. The maximum Gasteiger partial charge on any atom is 0.234 e. The van der Waals surface area contributed by atoms with Gasteiger partial charge in [0.05, 0.1) is 6.61 Å². The van der Waals surface area contributed by atoms with Crippen molar-refractivity contribution in [3.63, 3.8) is 0 Å². The first kappa shape index (κ1) is 11.8. The van der Waals surface area contributed by atoms with E-state index in [1.807, 2.05) is 16.6 Å². The number of phenolic OH excluding ortho intramolecular Hbond substituents is 1. The second kappa shape index (κ2) is 4.53. The molecule has 0 saturated carbocycles. The normalized spacial score (nSPS) is 18.9. The molecule has 0 spiro atoms. The van der Waals surface area contributed by atoms with E-state index in [1.165, 1.54) is 11.3 Å². The topological polar surface area (TPSA) is 72.5 Å². The Labute approximate surface area is 118 Å². The van der Waals surface area contributed by atoms with Crippen molar-refractivity contribution in [1.82, 2.24) is 19.8 Å². The molecule has 4 rings (SSSR count). The molecular formula is C13H12N4O2S. The van der Waals surface area contributed by atoms with Gasteiger partial charge >= 0.3 is 0 Å². The lowest BCUT2D eigenvalue weighted by atomic mass is 10.1. The molecule has 3 heterocycles. The molecule has 1 aliphatic rings. The first-order valence-corrected chi connectivity index (χ1v) is 7.22. The lowest BCUT2D eigenvalue weighted by Gasteiger charge is -2.01. The van der Waals surface area contributed by atoms with Crippen molar-refractivity contribution in [2.24, 2.45) is 0 Å². The number of ether oxygens (including phenoxy) is 1. The molecule has 0 bridgehead atoms. The lowest BCUT2D eigenvalue weighted by molar-refractivity contribution is 0.193. The standard InChI is InChI=1S/C13H12N4O2S/c18-10-3-1-8(2-4-10)12-16-17-11(9-5-6-19-7-9)14-15-13(17)20-12/h1-4,9,18H,5-7H2. The van der Waals surface area contributed by atoms with E-state index in [2.05, 4.69) is 15.3 Å². The SMILES string of the molecule is Oc1ccc(-c2nn3c(C4CCOC4)nnc3s2)cc1. The molecule has 102 valence electrons. The smallest absolute Gasteiger partial charge is 0.234 e. The fourth-order valence-electron chi connectivity index (χ4n) is 2.35. The number of aromatic hydroxyl groups is 1. The summed E-state index contributed by atoms with van der Waals surface area (Å²) in [6, 6.07) is 7.01. The first-order chi connectivity index (χ1) is 9.81. The number of nitrogens with zero attached hydrogens (tertiary/aromatic N) is 4. The molecule has 1 unspecified atom stereocenters. The van der Waals surface area contributed by atoms with E-state index in [1.54, 1.807) is 12.1 Å². The third-order valence-corrected chi connectivity index (χ3v) is 4.37. The summed E-state index contributed by atoms with van der Waals surface area (Å²) in [6.07, 6.45) is 0.965. The first-order valence-electron chi connectivity index (χ1n) is 6.40. The molecule has 6 nitrogen and oxygen atoms in total. The highest BCUT2D eigenvalue weighted by Gasteiger charge is 2.24. The highest BCUT2D eigenvalue weighted by molar-refractivity contribution is 7.19. The van der Waals surface area contributed by atoms with Crippen LogP contribution in [-0.2, 0) is 4.74 Å². The predicted octanol–water partition coefficient (Wildman–Crippen LogP) is 2.06. The number of hydrogen-bond acceptors (Lipinski definition) is 6. The largest absolute Gasteiger partial charge is 0.508 e. The van der Waals surface area contributed by atoms with Gasteiger partial charge in [-0.3, -0.25) is 0 Å². The van der Waals surface area contributed by atoms with E-state index in [0.717, 1.165) is 34.4 Å². The van der Waals surface area contributed by atoms with Crippen LogP contribution >= 0.6 is 11.3 Å². The van der Waals surface area contributed by atoms with Crippen LogP contribution in [0.2, 0.25) is 0 Å². The average molecular weight is 288 g/mol. The molecule has 1 aromatic carbocycles. The van der Waals surface area contributed by atoms with E-state index >= 15 is 0 Å². The van der Waals surface area contributed by atoms with Crippen molar-refractivity contribution < 1.29 is 9.84 Å². The second-order valence-electron chi connectivity index (χ2n) is 4.77. The van der Waals surface area contributed by atoms with Gasteiger partial charge in [-0.15, -0.1) is 10.2 Å². The maximum absolute atomic E-state index is 9.33. The van der Waals surface area contributed by atoms with Gasteiger partial charge < -0.3 is 9.84 Å². The Bertz CT molecular complexity index is 743. The Morgan fingerprint density at radius 1 is 1.25 bits per heavy atom. The van der Waals surface area contributed by atoms with Gasteiger partial charge in [-0.05, 0) is 30.7 Å². The molecule has 0 amide bonds. The van der Waals surface area contributed by atoms with Crippen LogP contribution in [0.1, 0.15) is 18.2 Å². The van der Waals surface area contributed by atoms with Crippen LogP contribution < -0.4 is 0 Å². The minimum atomic E-state index is 0.251. The molecule has 20 heavy (non-hydrogen) atoms. The number of hydrogen-bond donors (Lipinski definition) is 1. The van der Waals surface area contributed by atoms with Crippen LogP contribution in [0.4, 0.5) is 0 Å². The zero-order valence-electron chi connectivity index (χ0n) is 10.6. The monoisotopic (exact) mass is 288 g/mol. The molecule has 1 fully saturated rings. The van der Waals surface area contributed by atoms with Gasteiger partial charge in [-0.2, -0.15) is 9.61 Å². The van der Waals surface area contributed by atoms with Crippen LogP contribution in [0.25, 0.3) is 15.5 Å². The summed E-state index contributed by atoms with van der Waals surface area (Å²) in [5.41, 5.74) is 0.965. The van der Waals surface area contributed by atoms with Crippen molar-refractivity contribution in [3.8, 4) is 16.3 Å². The van der Waals surface area contributed by atoms with Crippen molar-refractivity contribution in [1.29, 1.82) is 0 Å². The molecule has 0 aliphatic carbocycles. The Kier molecular flexibility index (Phi) is 2.68. The maximum atomic E-state index is 9.33. The molecule has 7 heteroatoms.